The number of carbonyl (C=O) groups is 1. The van der Waals surface area contributed by atoms with Gasteiger partial charge in [-0.3, -0.25) is 9.69 Å². The summed E-state index contributed by atoms with van der Waals surface area (Å²) < 4.78 is 0. The normalized spacial score (nSPS) is 14.4. The SMILES string of the molecule is CNCCCC(=O)Nc1cc(CN2CCSCC2)ccc1C.Cl.Cl. The zero-order valence-electron chi connectivity index (χ0n) is 14.5. The highest BCUT2D eigenvalue weighted by atomic mass is 35.5. The largest absolute Gasteiger partial charge is 0.326 e. The van der Waals surface area contributed by atoms with E-state index in [1.807, 2.05) is 25.7 Å². The molecule has 0 bridgehead atoms. The molecular weight excluding hydrogens is 365 g/mol. The summed E-state index contributed by atoms with van der Waals surface area (Å²) in [4.78, 5) is 14.5. The lowest BCUT2D eigenvalue weighted by molar-refractivity contribution is -0.116. The van der Waals surface area contributed by atoms with Gasteiger partial charge in [0.05, 0.1) is 0 Å². The zero-order chi connectivity index (χ0) is 15.8. The maximum absolute atomic E-state index is 12.0. The first-order valence-electron chi connectivity index (χ1n) is 8.03. The van der Waals surface area contributed by atoms with E-state index in [1.54, 1.807) is 0 Å². The summed E-state index contributed by atoms with van der Waals surface area (Å²) in [6, 6.07) is 6.41. The van der Waals surface area contributed by atoms with E-state index in [0.29, 0.717) is 6.42 Å². The number of benzene rings is 1. The highest BCUT2D eigenvalue weighted by Gasteiger charge is 2.12. The molecule has 1 heterocycles. The Morgan fingerprint density at radius 1 is 1.25 bits per heavy atom. The molecule has 0 radical (unpaired) electrons. The first-order chi connectivity index (χ1) is 10.7. The lowest BCUT2D eigenvalue weighted by Crippen LogP contribution is -2.32. The second kappa shape index (κ2) is 12.8. The molecule has 1 fully saturated rings. The first kappa shape index (κ1) is 23.5. The molecule has 0 spiro atoms. The summed E-state index contributed by atoms with van der Waals surface area (Å²) in [6.45, 7) is 6.21. The van der Waals surface area contributed by atoms with Gasteiger partial charge in [0.1, 0.15) is 0 Å². The molecule has 0 aliphatic carbocycles. The molecule has 138 valence electrons. The summed E-state index contributed by atoms with van der Waals surface area (Å²) in [6.07, 6.45) is 1.43. The monoisotopic (exact) mass is 393 g/mol. The van der Waals surface area contributed by atoms with Crippen molar-refractivity contribution in [3.8, 4) is 0 Å². The Morgan fingerprint density at radius 3 is 2.62 bits per heavy atom. The van der Waals surface area contributed by atoms with Gasteiger partial charge in [0.25, 0.3) is 0 Å². The number of anilines is 1. The van der Waals surface area contributed by atoms with Crippen molar-refractivity contribution in [1.82, 2.24) is 10.2 Å². The van der Waals surface area contributed by atoms with E-state index in [-0.39, 0.29) is 30.7 Å². The van der Waals surface area contributed by atoms with Crippen molar-refractivity contribution >= 4 is 48.2 Å². The molecule has 1 amide bonds. The topological polar surface area (TPSA) is 44.4 Å². The third kappa shape index (κ3) is 8.08. The number of nitrogens with zero attached hydrogens (tertiary/aromatic N) is 1. The van der Waals surface area contributed by atoms with Crippen LogP contribution in [-0.2, 0) is 11.3 Å². The number of amides is 1. The number of hydrogen-bond acceptors (Lipinski definition) is 4. The number of rotatable bonds is 7. The molecule has 7 heteroatoms. The molecule has 1 aromatic rings. The fraction of sp³-hybridized carbons (Fsp3) is 0.588. The third-order valence-electron chi connectivity index (χ3n) is 3.92. The van der Waals surface area contributed by atoms with E-state index < -0.39 is 0 Å². The van der Waals surface area contributed by atoms with E-state index in [0.717, 1.165) is 43.9 Å². The molecular formula is C17H29Cl2N3OS. The Balaban J connectivity index is 0.00000264. The van der Waals surface area contributed by atoms with Crippen molar-refractivity contribution in [3.63, 3.8) is 0 Å². The Hall–Kier alpha value is -0.460. The maximum atomic E-state index is 12.0. The van der Waals surface area contributed by atoms with Crippen LogP contribution in [0.1, 0.15) is 24.0 Å². The minimum atomic E-state index is 0. The van der Waals surface area contributed by atoms with Gasteiger partial charge in [0.15, 0.2) is 0 Å². The average molecular weight is 394 g/mol. The van der Waals surface area contributed by atoms with Gasteiger partial charge < -0.3 is 10.6 Å². The van der Waals surface area contributed by atoms with Crippen molar-refractivity contribution < 1.29 is 4.79 Å². The number of hydrogen-bond donors (Lipinski definition) is 2. The van der Waals surface area contributed by atoms with Gasteiger partial charge in [-0.25, -0.2) is 0 Å². The highest BCUT2D eigenvalue weighted by Crippen LogP contribution is 2.20. The molecule has 0 atom stereocenters. The molecule has 4 nitrogen and oxygen atoms in total. The van der Waals surface area contributed by atoms with Crippen LogP contribution >= 0.6 is 36.6 Å². The van der Waals surface area contributed by atoms with Crippen LogP contribution in [0.15, 0.2) is 18.2 Å². The van der Waals surface area contributed by atoms with Crippen molar-refractivity contribution in [3.05, 3.63) is 29.3 Å². The second-order valence-corrected chi connectivity index (χ2v) is 7.02. The van der Waals surface area contributed by atoms with Gasteiger partial charge in [-0.1, -0.05) is 12.1 Å². The Labute approximate surface area is 162 Å². The summed E-state index contributed by atoms with van der Waals surface area (Å²) in [7, 11) is 1.91. The van der Waals surface area contributed by atoms with E-state index in [1.165, 1.54) is 17.1 Å². The predicted octanol–water partition coefficient (Wildman–Crippen LogP) is 3.33. The molecule has 2 N–H and O–H groups in total. The molecule has 0 saturated carbocycles. The maximum Gasteiger partial charge on any atom is 0.224 e. The van der Waals surface area contributed by atoms with Crippen LogP contribution < -0.4 is 10.6 Å². The van der Waals surface area contributed by atoms with Crippen LogP contribution in [0.4, 0.5) is 5.69 Å². The lowest BCUT2D eigenvalue weighted by Gasteiger charge is -2.26. The summed E-state index contributed by atoms with van der Waals surface area (Å²) in [5, 5.41) is 6.12. The molecule has 24 heavy (non-hydrogen) atoms. The number of thioether (sulfide) groups is 1. The van der Waals surface area contributed by atoms with Crippen molar-refractivity contribution in [2.75, 3.05) is 43.5 Å². The summed E-state index contributed by atoms with van der Waals surface area (Å²) >= 11 is 2.03. The summed E-state index contributed by atoms with van der Waals surface area (Å²) in [5.41, 5.74) is 3.36. The fourth-order valence-corrected chi connectivity index (χ4v) is 3.54. The minimum absolute atomic E-state index is 0. The number of carbonyl (C=O) groups excluding carboxylic acids is 1. The minimum Gasteiger partial charge on any atom is -0.326 e. The van der Waals surface area contributed by atoms with Gasteiger partial charge in [-0.2, -0.15) is 11.8 Å². The average Bonchev–Trinajstić information content (AvgIpc) is 2.52. The molecule has 1 aliphatic heterocycles. The van der Waals surface area contributed by atoms with Gasteiger partial charge >= 0.3 is 0 Å². The van der Waals surface area contributed by atoms with Crippen molar-refractivity contribution in [2.45, 2.75) is 26.3 Å². The van der Waals surface area contributed by atoms with E-state index >= 15 is 0 Å². The van der Waals surface area contributed by atoms with Gasteiger partial charge in [-0.05, 0) is 44.1 Å². The first-order valence-corrected chi connectivity index (χ1v) is 9.18. The Bertz CT molecular complexity index is 497. The van der Waals surface area contributed by atoms with Crippen LogP contribution in [0.5, 0.6) is 0 Å². The van der Waals surface area contributed by atoms with E-state index in [4.69, 9.17) is 0 Å². The van der Waals surface area contributed by atoms with Crippen LogP contribution in [-0.4, -0.2) is 49.0 Å². The standard InChI is InChI=1S/C17H27N3OS.2ClH/c1-14-5-6-15(13-20-8-10-22-11-9-20)12-16(14)19-17(21)4-3-7-18-2;;/h5-6,12,18H,3-4,7-11,13H2,1-2H3,(H,19,21);2*1H. The zero-order valence-corrected chi connectivity index (χ0v) is 16.9. The molecule has 0 aromatic heterocycles. The Morgan fingerprint density at radius 2 is 1.96 bits per heavy atom. The predicted molar refractivity (Wildman–Crippen MR) is 110 cm³/mol. The van der Waals surface area contributed by atoms with E-state index in [9.17, 15) is 4.79 Å². The number of nitrogens with one attached hydrogen (secondary N) is 2. The molecule has 0 unspecified atom stereocenters. The Kier molecular flexibility index (Phi) is 12.6. The summed E-state index contributed by atoms with van der Waals surface area (Å²) in [5.74, 6) is 2.55. The van der Waals surface area contributed by atoms with Crippen LogP contribution in [0.25, 0.3) is 0 Å². The van der Waals surface area contributed by atoms with Gasteiger partial charge in [0, 0.05) is 43.2 Å². The van der Waals surface area contributed by atoms with Crippen LogP contribution in [0.2, 0.25) is 0 Å². The van der Waals surface area contributed by atoms with Crippen molar-refractivity contribution in [2.24, 2.45) is 0 Å². The second-order valence-electron chi connectivity index (χ2n) is 5.79. The quantitative estimate of drug-likeness (QED) is 0.697. The highest BCUT2D eigenvalue weighted by molar-refractivity contribution is 7.99. The fourth-order valence-electron chi connectivity index (χ4n) is 2.56. The molecule has 1 aromatic carbocycles. The molecule has 2 rings (SSSR count). The smallest absolute Gasteiger partial charge is 0.224 e. The van der Waals surface area contributed by atoms with Gasteiger partial charge in [0.2, 0.25) is 5.91 Å². The van der Waals surface area contributed by atoms with Gasteiger partial charge in [-0.15, -0.1) is 24.8 Å². The van der Waals surface area contributed by atoms with E-state index in [2.05, 4.69) is 33.7 Å². The molecule has 1 aliphatic rings. The lowest BCUT2D eigenvalue weighted by atomic mass is 10.1. The number of halogens is 2. The van der Waals surface area contributed by atoms with Crippen LogP contribution in [0, 0.1) is 6.92 Å². The van der Waals surface area contributed by atoms with Crippen LogP contribution in [0.3, 0.4) is 0 Å². The third-order valence-corrected chi connectivity index (χ3v) is 4.86. The number of aryl methyl sites for hydroxylation is 1. The van der Waals surface area contributed by atoms with Crippen molar-refractivity contribution in [1.29, 1.82) is 0 Å². The molecule has 1 saturated heterocycles.